The number of hydrogen-bond donors (Lipinski definition) is 2. The molecule has 1 aromatic carbocycles. The van der Waals surface area contributed by atoms with Crippen molar-refractivity contribution in [3.8, 4) is 0 Å². The Balaban J connectivity index is 2.18. The maximum absolute atomic E-state index is 13.2. The number of nitrogens with zero attached hydrogens (tertiary/aromatic N) is 1. The van der Waals surface area contributed by atoms with Crippen LogP contribution in [-0.4, -0.2) is 40.0 Å². The van der Waals surface area contributed by atoms with E-state index in [-0.39, 0.29) is 30.3 Å². The predicted octanol–water partition coefficient (Wildman–Crippen LogP) is 3.12. The minimum atomic E-state index is -1.02. The summed E-state index contributed by atoms with van der Waals surface area (Å²) in [4.78, 5) is 28.3. The van der Waals surface area contributed by atoms with Crippen LogP contribution in [0.1, 0.15) is 25.8 Å². The lowest BCUT2D eigenvalue weighted by Crippen LogP contribution is -2.36. The Labute approximate surface area is 139 Å². The highest BCUT2D eigenvalue weighted by Crippen LogP contribution is 2.20. The van der Waals surface area contributed by atoms with Gasteiger partial charge in [-0.15, -0.1) is 0 Å². The van der Waals surface area contributed by atoms with Crippen LogP contribution in [0.5, 0.6) is 0 Å². The lowest BCUT2D eigenvalue weighted by Gasteiger charge is -2.22. The molecule has 1 amide bonds. The van der Waals surface area contributed by atoms with Gasteiger partial charge in [0.05, 0.1) is 18.5 Å². The molecule has 24 heavy (non-hydrogen) atoms. The van der Waals surface area contributed by atoms with Crippen LogP contribution in [0.25, 0.3) is 10.9 Å². The first-order valence-corrected chi connectivity index (χ1v) is 7.88. The molecule has 0 unspecified atom stereocenters. The zero-order valence-corrected chi connectivity index (χ0v) is 13.8. The van der Waals surface area contributed by atoms with Crippen LogP contribution in [-0.2, 0) is 16.0 Å². The molecule has 0 saturated heterocycles. The standard InChI is InChI=1S/C18H21FN2O3/c1-3-7-21(11-12(4-2)18(23)24)17(22)8-13-10-20-16-9-14(19)5-6-15(13)16/h4-6,9-10,20H,3,7-8,11H2,1-2H3,(H,23,24). The molecule has 2 aromatic rings. The molecular formula is C18H21FN2O3. The first-order valence-electron chi connectivity index (χ1n) is 7.88. The van der Waals surface area contributed by atoms with Crippen molar-refractivity contribution in [2.45, 2.75) is 26.7 Å². The van der Waals surface area contributed by atoms with Crippen molar-refractivity contribution in [2.75, 3.05) is 13.1 Å². The second kappa shape index (κ2) is 7.77. The highest BCUT2D eigenvalue weighted by atomic mass is 19.1. The van der Waals surface area contributed by atoms with Gasteiger partial charge in [-0.25, -0.2) is 9.18 Å². The first-order chi connectivity index (χ1) is 11.5. The van der Waals surface area contributed by atoms with Crippen molar-refractivity contribution in [1.29, 1.82) is 0 Å². The summed E-state index contributed by atoms with van der Waals surface area (Å²) in [6.45, 7) is 4.15. The van der Waals surface area contributed by atoms with Crippen molar-refractivity contribution < 1.29 is 19.1 Å². The van der Waals surface area contributed by atoms with Gasteiger partial charge in [0.25, 0.3) is 0 Å². The van der Waals surface area contributed by atoms with Crippen molar-refractivity contribution in [3.63, 3.8) is 0 Å². The van der Waals surface area contributed by atoms with E-state index in [4.69, 9.17) is 5.11 Å². The predicted molar refractivity (Wildman–Crippen MR) is 90.2 cm³/mol. The third-order valence-corrected chi connectivity index (χ3v) is 3.90. The van der Waals surface area contributed by atoms with Crippen LogP contribution in [0.3, 0.4) is 0 Å². The molecule has 2 N–H and O–H groups in total. The number of aliphatic carboxylic acids is 1. The van der Waals surface area contributed by atoms with Gasteiger partial charge in [0.2, 0.25) is 5.91 Å². The quantitative estimate of drug-likeness (QED) is 0.765. The van der Waals surface area contributed by atoms with Crippen molar-refractivity contribution in [1.82, 2.24) is 9.88 Å². The fourth-order valence-electron chi connectivity index (χ4n) is 2.63. The van der Waals surface area contributed by atoms with Gasteiger partial charge in [0.15, 0.2) is 0 Å². The minimum absolute atomic E-state index is 0.0789. The fraction of sp³-hybridized carbons (Fsp3) is 0.333. The number of carboxylic acids is 1. The number of carboxylic acid groups (broad SMARTS) is 1. The Kier molecular flexibility index (Phi) is 5.73. The van der Waals surface area contributed by atoms with E-state index >= 15 is 0 Å². The number of aromatic amines is 1. The molecule has 0 aliphatic heterocycles. The van der Waals surface area contributed by atoms with Crippen LogP contribution in [0.15, 0.2) is 36.0 Å². The third-order valence-electron chi connectivity index (χ3n) is 3.90. The SMILES string of the molecule is CC=C(CN(CCC)C(=O)Cc1c[nH]c2cc(F)ccc12)C(=O)O. The van der Waals surface area contributed by atoms with Gasteiger partial charge in [-0.05, 0) is 37.1 Å². The number of carbonyl (C=O) groups is 2. The summed E-state index contributed by atoms with van der Waals surface area (Å²) in [5.41, 5.74) is 1.60. The molecule has 0 radical (unpaired) electrons. The van der Waals surface area contributed by atoms with Crippen LogP contribution < -0.4 is 0 Å². The number of H-pyrrole nitrogens is 1. The lowest BCUT2D eigenvalue weighted by molar-refractivity contribution is -0.133. The highest BCUT2D eigenvalue weighted by molar-refractivity contribution is 5.91. The van der Waals surface area contributed by atoms with E-state index in [1.165, 1.54) is 18.2 Å². The molecule has 2 rings (SSSR count). The Bertz CT molecular complexity index is 780. The summed E-state index contributed by atoms with van der Waals surface area (Å²) in [5, 5.41) is 9.95. The topological polar surface area (TPSA) is 73.4 Å². The maximum Gasteiger partial charge on any atom is 0.333 e. The normalized spacial score (nSPS) is 11.7. The molecule has 0 spiro atoms. The molecule has 0 bridgehead atoms. The number of nitrogens with one attached hydrogen (secondary N) is 1. The number of halogens is 1. The van der Waals surface area contributed by atoms with E-state index in [1.807, 2.05) is 6.92 Å². The summed E-state index contributed by atoms with van der Waals surface area (Å²) in [7, 11) is 0. The Hall–Kier alpha value is -2.63. The van der Waals surface area contributed by atoms with Crippen LogP contribution in [0, 0.1) is 5.82 Å². The van der Waals surface area contributed by atoms with E-state index in [1.54, 1.807) is 24.1 Å². The molecule has 0 saturated carbocycles. The molecule has 1 aromatic heterocycles. The molecule has 0 fully saturated rings. The Morgan fingerprint density at radius 1 is 1.38 bits per heavy atom. The number of allylic oxidation sites excluding steroid dienone is 1. The van der Waals surface area contributed by atoms with Gasteiger partial charge < -0.3 is 15.0 Å². The number of aromatic nitrogens is 1. The summed E-state index contributed by atoms with van der Waals surface area (Å²) < 4.78 is 13.2. The summed E-state index contributed by atoms with van der Waals surface area (Å²) in [6.07, 6.45) is 4.08. The first kappa shape index (κ1) is 17.7. The van der Waals surface area contributed by atoms with E-state index < -0.39 is 5.97 Å². The average molecular weight is 332 g/mol. The summed E-state index contributed by atoms with van der Waals surface area (Å²) >= 11 is 0. The van der Waals surface area contributed by atoms with Gasteiger partial charge in [0, 0.05) is 23.6 Å². The van der Waals surface area contributed by atoms with Crippen molar-refractivity contribution >= 4 is 22.8 Å². The maximum atomic E-state index is 13.2. The second-order valence-electron chi connectivity index (χ2n) is 5.61. The minimum Gasteiger partial charge on any atom is -0.478 e. The Morgan fingerprint density at radius 2 is 2.12 bits per heavy atom. The van der Waals surface area contributed by atoms with E-state index in [9.17, 15) is 14.0 Å². The lowest BCUT2D eigenvalue weighted by atomic mass is 10.1. The number of hydrogen-bond acceptors (Lipinski definition) is 2. The zero-order valence-electron chi connectivity index (χ0n) is 13.8. The monoisotopic (exact) mass is 332 g/mol. The van der Waals surface area contributed by atoms with Crippen molar-refractivity contribution in [2.24, 2.45) is 0 Å². The van der Waals surface area contributed by atoms with E-state index in [2.05, 4.69) is 4.98 Å². The van der Waals surface area contributed by atoms with Gasteiger partial charge in [-0.3, -0.25) is 4.79 Å². The van der Waals surface area contributed by atoms with Gasteiger partial charge >= 0.3 is 5.97 Å². The average Bonchev–Trinajstić information content (AvgIpc) is 2.92. The van der Waals surface area contributed by atoms with Gasteiger partial charge in [0.1, 0.15) is 5.82 Å². The van der Waals surface area contributed by atoms with Crippen molar-refractivity contribution in [3.05, 3.63) is 47.4 Å². The van der Waals surface area contributed by atoms with Crippen LogP contribution in [0.4, 0.5) is 4.39 Å². The van der Waals surface area contributed by atoms with Crippen LogP contribution in [0.2, 0.25) is 0 Å². The van der Waals surface area contributed by atoms with E-state index in [0.29, 0.717) is 12.1 Å². The highest BCUT2D eigenvalue weighted by Gasteiger charge is 2.19. The zero-order chi connectivity index (χ0) is 17.7. The smallest absolute Gasteiger partial charge is 0.333 e. The summed E-state index contributed by atoms with van der Waals surface area (Å²) in [5.74, 6) is -1.51. The summed E-state index contributed by atoms with van der Waals surface area (Å²) in [6, 6.07) is 4.38. The number of amides is 1. The fourth-order valence-corrected chi connectivity index (χ4v) is 2.63. The molecule has 5 nitrogen and oxygen atoms in total. The molecular weight excluding hydrogens is 311 g/mol. The third kappa shape index (κ3) is 4.01. The molecule has 128 valence electrons. The molecule has 0 aliphatic rings. The number of benzene rings is 1. The largest absolute Gasteiger partial charge is 0.478 e. The molecule has 1 heterocycles. The van der Waals surface area contributed by atoms with Gasteiger partial charge in [-0.1, -0.05) is 13.0 Å². The number of carbonyl (C=O) groups excluding carboxylic acids is 1. The Morgan fingerprint density at radius 3 is 2.75 bits per heavy atom. The molecule has 0 atom stereocenters. The number of rotatable bonds is 7. The second-order valence-corrected chi connectivity index (χ2v) is 5.61. The molecule has 0 aliphatic carbocycles. The number of fused-ring (bicyclic) bond motifs is 1. The van der Waals surface area contributed by atoms with Crippen LogP contribution >= 0.6 is 0 Å². The van der Waals surface area contributed by atoms with Gasteiger partial charge in [-0.2, -0.15) is 0 Å². The molecule has 6 heteroatoms. The van der Waals surface area contributed by atoms with E-state index in [0.717, 1.165) is 17.4 Å².